The van der Waals surface area contributed by atoms with Crippen LogP contribution in [0.5, 0.6) is 0 Å². The van der Waals surface area contributed by atoms with Crippen LogP contribution < -0.4 is 10.2 Å². The lowest BCUT2D eigenvalue weighted by molar-refractivity contribution is -0.120. The molecule has 0 unspecified atom stereocenters. The number of likely N-dealkylation sites (N-methyl/N-ethyl adjacent to an activating group) is 2. The van der Waals surface area contributed by atoms with E-state index < -0.39 is 0 Å². The Hall–Kier alpha value is -2.92. The van der Waals surface area contributed by atoms with Crippen molar-refractivity contribution in [1.29, 1.82) is 0 Å². The maximum absolute atomic E-state index is 11.8. The van der Waals surface area contributed by atoms with Gasteiger partial charge < -0.3 is 15.1 Å². The Labute approximate surface area is 178 Å². The van der Waals surface area contributed by atoms with Crippen LogP contribution in [-0.2, 0) is 11.2 Å². The van der Waals surface area contributed by atoms with Crippen molar-refractivity contribution in [2.24, 2.45) is 0 Å². The summed E-state index contributed by atoms with van der Waals surface area (Å²) in [5.74, 6) is 1.13. The Kier molecular flexibility index (Phi) is 6.29. The van der Waals surface area contributed by atoms with Gasteiger partial charge in [-0.3, -0.25) is 4.79 Å². The first-order valence-corrected chi connectivity index (χ1v) is 10.9. The van der Waals surface area contributed by atoms with Crippen LogP contribution in [0, 0.1) is 0 Å². The van der Waals surface area contributed by atoms with Gasteiger partial charge in [0.1, 0.15) is 5.82 Å². The SMILES string of the molecule is CCNC(=O)Cc1ccc(-c2cc3ccccc3c(N3CCN(CC)CC3)n2)cc1. The van der Waals surface area contributed by atoms with E-state index in [2.05, 4.69) is 64.5 Å². The van der Waals surface area contributed by atoms with E-state index in [1.807, 2.05) is 19.1 Å². The van der Waals surface area contributed by atoms with Crippen LogP contribution in [0.1, 0.15) is 19.4 Å². The van der Waals surface area contributed by atoms with Gasteiger partial charge in [-0.05, 0) is 30.5 Å². The van der Waals surface area contributed by atoms with E-state index in [0.29, 0.717) is 13.0 Å². The van der Waals surface area contributed by atoms with Crippen molar-refractivity contribution in [2.45, 2.75) is 20.3 Å². The first kappa shape index (κ1) is 20.4. The smallest absolute Gasteiger partial charge is 0.224 e. The van der Waals surface area contributed by atoms with Crippen molar-refractivity contribution >= 4 is 22.5 Å². The number of hydrogen-bond acceptors (Lipinski definition) is 4. The summed E-state index contributed by atoms with van der Waals surface area (Å²) in [5, 5.41) is 5.27. The molecule has 1 saturated heterocycles. The molecule has 1 N–H and O–H groups in total. The van der Waals surface area contributed by atoms with Gasteiger partial charge in [0.25, 0.3) is 0 Å². The summed E-state index contributed by atoms with van der Waals surface area (Å²) in [6.45, 7) is 10.1. The Morgan fingerprint density at radius 2 is 1.73 bits per heavy atom. The highest BCUT2D eigenvalue weighted by Crippen LogP contribution is 2.30. The number of rotatable bonds is 6. The maximum Gasteiger partial charge on any atom is 0.224 e. The van der Waals surface area contributed by atoms with Crippen LogP contribution in [0.3, 0.4) is 0 Å². The molecule has 2 heterocycles. The molecule has 1 amide bonds. The van der Waals surface area contributed by atoms with Gasteiger partial charge in [-0.1, -0.05) is 55.5 Å². The first-order valence-electron chi connectivity index (χ1n) is 10.9. The predicted molar refractivity (Wildman–Crippen MR) is 124 cm³/mol. The van der Waals surface area contributed by atoms with Crippen molar-refractivity contribution in [3.05, 3.63) is 60.2 Å². The highest BCUT2D eigenvalue weighted by atomic mass is 16.1. The molecule has 1 aromatic heterocycles. The number of piperazine rings is 1. The topological polar surface area (TPSA) is 48.5 Å². The number of nitrogens with one attached hydrogen (secondary N) is 1. The van der Waals surface area contributed by atoms with Gasteiger partial charge in [0.05, 0.1) is 12.1 Å². The second-order valence-corrected chi connectivity index (χ2v) is 7.80. The molecule has 2 aromatic carbocycles. The number of pyridine rings is 1. The summed E-state index contributed by atoms with van der Waals surface area (Å²) in [6, 6.07) is 18.9. The zero-order valence-electron chi connectivity index (χ0n) is 17.9. The van der Waals surface area contributed by atoms with Crippen LogP contribution >= 0.6 is 0 Å². The van der Waals surface area contributed by atoms with Gasteiger partial charge in [-0.2, -0.15) is 0 Å². The summed E-state index contributed by atoms with van der Waals surface area (Å²) < 4.78 is 0. The van der Waals surface area contributed by atoms with Gasteiger partial charge in [0, 0.05) is 43.7 Å². The van der Waals surface area contributed by atoms with E-state index in [9.17, 15) is 4.79 Å². The summed E-state index contributed by atoms with van der Waals surface area (Å²) in [7, 11) is 0. The van der Waals surface area contributed by atoms with Crippen LogP contribution in [-0.4, -0.2) is 55.1 Å². The van der Waals surface area contributed by atoms with Crippen LogP contribution in [0.25, 0.3) is 22.0 Å². The van der Waals surface area contributed by atoms with Gasteiger partial charge in [-0.15, -0.1) is 0 Å². The molecule has 30 heavy (non-hydrogen) atoms. The lowest BCUT2D eigenvalue weighted by atomic mass is 10.0. The van der Waals surface area contributed by atoms with E-state index in [1.165, 1.54) is 10.8 Å². The molecular formula is C25H30N4O. The molecule has 0 saturated carbocycles. The lowest BCUT2D eigenvalue weighted by Crippen LogP contribution is -2.46. The van der Waals surface area contributed by atoms with Crippen molar-refractivity contribution < 1.29 is 4.79 Å². The number of benzene rings is 2. The molecule has 0 atom stereocenters. The maximum atomic E-state index is 11.8. The van der Waals surface area contributed by atoms with Crippen molar-refractivity contribution in [3.63, 3.8) is 0 Å². The zero-order chi connectivity index (χ0) is 20.9. The number of aromatic nitrogens is 1. The standard InChI is InChI=1S/C25H30N4O/c1-3-26-24(30)17-19-9-11-20(12-10-19)23-18-21-7-5-6-8-22(21)25(27-23)29-15-13-28(4-2)14-16-29/h5-12,18H,3-4,13-17H2,1-2H3,(H,26,30). The number of nitrogens with zero attached hydrogens (tertiary/aromatic N) is 3. The minimum absolute atomic E-state index is 0.0580. The summed E-state index contributed by atoms with van der Waals surface area (Å²) >= 11 is 0. The Morgan fingerprint density at radius 3 is 2.43 bits per heavy atom. The van der Waals surface area contributed by atoms with Gasteiger partial charge in [0.15, 0.2) is 0 Å². The normalized spacial score (nSPS) is 14.8. The monoisotopic (exact) mass is 402 g/mol. The molecule has 0 radical (unpaired) electrons. The number of amides is 1. The van der Waals surface area contributed by atoms with Crippen molar-refractivity contribution in [2.75, 3.05) is 44.2 Å². The molecule has 5 nitrogen and oxygen atoms in total. The highest BCUT2D eigenvalue weighted by molar-refractivity contribution is 5.95. The number of fused-ring (bicyclic) bond motifs is 1. The number of hydrogen-bond donors (Lipinski definition) is 1. The highest BCUT2D eigenvalue weighted by Gasteiger charge is 2.19. The van der Waals surface area contributed by atoms with Crippen molar-refractivity contribution in [1.82, 2.24) is 15.2 Å². The molecule has 0 aliphatic carbocycles. The molecule has 5 heteroatoms. The molecule has 3 aromatic rings. The van der Waals surface area contributed by atoms with E-state index in [0.717, 1.165) is 55.4 Å². The van der Waals surface area contributed by atoms with Crippen LogP contribution in [0.2, 0.25) is 0 Å². The molecule has 0 bridgehead atoms. The predicted octanol–water partition coefficient (Wildman–Crippen LogP) is 3.72. The minimum Gasteiger partial charge on any atom is -0.356 e. The molecule has 156 valence electrons. The van der Waals surface area contributed by atoms with Gasteiger partial charge in [0.2, 0.25) is 5.91 Å². The Morgan fingerprint density at radius 1 is 1.00 bits per heavy atom. The van der Waals surface area contributed by atoms with E-state index >= 15 is 0 Å². The molecule has 1 aliphatic rings. The van der Waals surface area contributed by atoms with Gasteiger partial charge >= 0.3 is 0 Å². The zero-order valence-corrected chi connectivity index (χ0v) is 17.9. The molecule has 1 fully saturated rings. The summed E-state index contributed by atoms with van der Waals surface area (Å²) in [4.78, 5) is 21.8. The number of carbonyl (C=O) groups is 1. The Bertz CT molecular complexity index is 1010. The lowest BCUT2D eigenvalue weighted by Gasteiger charge is -2.35. The van der Waals surface area contributed by atoms with Crippen LogP contribution in [0.4, 0.5) is 5.82 Å². The third-order valence-corrected chi connectivity index (χ3v) is 5.83. The van der Waals surface area contributed by atoms with Crippen LogP contribution in [0.15, 0.2) is 54.6 Å². The second kappa shape index (κ2) is 9.26. The van der Waals surface area contributed by atoms with E-state index in [1.54, 1.807) is 0 Å². The van der Waals surface area contributed by atoms with E-state index in [4.69, 9.17) is 4.98 Å². The Balaban J connectivity index is 1.64. The van der Waals surface area contributed by atoms with Gasteiger partial charge in [-0.25, -0.2) is 4.98 Å². The number of anilines is 1. The van der Waals surface area contributed by atoms with E-state index in [-0.39, 0.29) is 5.91 Å². The molecule has 4 rings (SSSR count). The summed E-state index contributed by atoms with van der Waals surface area (Å²) in [5.41, 5.74) is 3.07. The second-order valence-electron chi connectivity index (χ2n) is 7.80. The summed E-state index contributed by atoms with van der Waals surface area (Å²) in [6.07, 6.45) is 0.409. The number of carbonyl (C=O) groups excluding carboxylic acids is 1. The third kappa shape index (κ3) is 4.46. The minimum atomic E-state index is 0.0580. The fourth-order valence-corrected chi connectivity index (χ4v) is 4.08. The quantitative estimate of drug-likeness (QED) is 0.683. The molecule has 1 aliphatic heterocycles. The average Bonchev–Trinajstić information content (AvgIpc) is 2.79. The third-order valence-electron chi connectivity index (χ3n) is 5.83. The van der Waals surface area contributed by atoms with Crippen molar-refractivity contribution in [3.8, 4) is 11.3 Å². The fraction of sp³-hybridized carbons (Fsp3) is 0.360. The first-order chi connectivity index (χ1) is 14.7. The molecule has 0 spiro atoms. The largest absolute Gasteiger partial charge is 0.356 e. The molecular weight excluding hydrogens is 372 g/mol. The average molecular weight is 403 g/mol. The fourth-order valence-electron chi connectivity index (χ4n) is 4.08.